The van der Waals surface area contributed by atoms with Crippen molar-refractivity contribution in [2.75, 3.05) is 11.1 Å². The zero-order valence-electron chi connectivity index (χ0n) is 16.5. The number of halogens is 3. The van der Waals surface area contributed by atoms with E-state index >= 15 is 0 Å². The first kappa shape index (κ1) is 21.1. The van der Waals surface area contributed by atoms with Crippen LogP contribution >= 0.6 is 11.6 Å². The van der Waals surface area contributed by atoms with E-state index in [2.05, 4.69) is 20.3 Å². The molecule has 32 heavy (non-hydrogen) atoms. The molecule has 11 heteroatoms. The molecule has 0 saturated carbocycles. The summed E-state index contributed by atoms with van der Waals surface area (Å²) in [6.07, 6.45) is 1.26. The van der Waals surface area contributed by atoms with Gasteiger partial charge in [-0.2, -0.15) is 10.2 Å². The van der Waals surface area contributed by atoms with Crippen molar-refractivity contribution < 1.29 is 8.78 Å². The number of nitriles is 1. The fourth-order valence-corrected chi connectivity index (χ4v) is 3.48. The molecule has 2 aromatic carbocycles. The molecule has 2 aromatic heterocycles. The summed E-state index contributed by atoms with van der Waals surface area (Å²) < 4.78 is 28.7. The van der Waals surface area contributed by atoms with E-state index < -0.39 is 23.2 Å². The third-order valence-electron chi connectivity index (χ3n) is 4.70. The highest BCUT2D eigenvalue weighted by Gasteiger charge is 2.21. The van der Waals surface area contributed by atoms with Crippen molar-refractivity contribution >= 4 is 34.3 Å². The van der Waals surface area contributed by atoms with Gasteiger partial charge in [0.1, 0.15) is 23.3 Å². The highest BCUT2D eigenvalue weighted by atomic mass is 35.5. The lowest BCUT2D eigenvalue weighted by atomic mass is 10.2. The zero-order chi connectivity index (χ0) is 23.0. The number of anilines is 2. The lowest BCUT2D eigenvalue weighted by Crippen LogP contribution is -2.28. The van der Waals surface area contributed by atoms with Crippen LogP contribution in [0.4, 0.5) is 20.5 Å². The number of nitrogens with zero attached hydrogens (tertiary/aromatic N) is 5. The van der Waals surface area contributed by atoms with Crippen LogP contribution in [0.1, 0.15) is 24.4 Å². The van der Waals surface area contributed by atoms with Gasteiger partial charge in [-0.3, -0.25) is 9.36 Å². The Hall–Kier alpha value is -4.10. The van der Waals surface area contributed by atoms with Crippen LogP contribution in [-0.4, -0.2) is 19.5 Å². The molecule has 3 N–H and O–H groups in total. The normalized spacial score (nSPS) is 11.8. The number of aromatic nitrogens is 4. The summed E-state index contributed by atoms with van der Waals surface area (Å²) >= 11 is 6.23. The minimum Gasteiger partial charge on any atom is -0.368 e. The molecule has 0 unspecified atom stereocenters. The Bertz CT molecular complexity index is 1470. The van der Waals surface area contributed by atoms with Crippen LogP contribution in [0.25, 0.3) is 16.6 Å². The third kappa shape index (κ3) is 3.70. The number of hydrogen-bond acceptors (Lipinski definition) is 7. The topological polar surface area (TPSA) is 123 Å². The molecule has 0 radical (unpaired) electrons. The maximum atomic E-state index is 14.0. The smallest absolute Gasteiger partial charge is 0.267 e. The largest absolute Gasteiger partial charge is 0.368 e. The second-order valence-electron chi connectivity index (χ2n) is 6.81. The standard InChI is InChI=1S/C21H14ClF2N7O/c1-10(28-18-11(8-25)9-27-21(26)30-18)19-29-16-4-2-3-13(22)17(16)20(32)31(19)12-5-6-14(23)15(24)7-12/h2-7,9-10H,1H3,(H3,26,27,28,30)/t10-/m0/s1. The first-order valence-electron chi connectivity index (χ1n) is 9.26. The first-order chi connectivity index (χ1) is 15.3. The van der Waals surface area contributed by atoms with Crippen LogP contribution < -0.4 is 16.6 Å². The van der Waals surface area contributed by atoms with Crippen molar-refractivity contribution in [3.63, 3.8) is 0 Å². The fourth-order valence-electron chi connectivity index (χ4n) is 3.23. The summed E-state index contributed by atoms with van der Waals surface area (Å²) in [5, 5.41) is 12.6. The van der Waals surface area contributed by atoms with Gasteiger partial charge in [-0.15, -0.1) is 0 Å². The molecule has 160 valence electrons. The van der Waals surface area contributed by atoms with Crippen molar-refractivity contribution in [1.82, 2.24) is 19.5 Å². The van der Waals surface area contributed by atoms with Gasteiger partial charge in [0.15, 0.2) is 11.6 Å². The van der Waals surface area contributed by atoms with Crippen LogP contribution in [0.3, 0.4) is 0 Å². The molecular weight excluding hydrogens is 440 g/mol. The SMILES string of the molecule is C[C@H](Nc1nc(N)ncc1C#N)c1nc2cccc(Cl)c2c(=O)n1-c1ccc(F)c(F)c1. The summed E-state index contributed by atoms with van der Waals surface area (Å²) in [5.74, 6) is -1.97. The summed E-state index contributed by atoms with van der Waals surface area (Å²) in [4.78, 5) is 25.7. The van der Waals surface area contributed by atoms with Crippen LogP contribution in [0.15, 0.2) is 47.4 Å². The van der Waals surface area contributed by atoms with Crippen molar-refractivity contribution in [3.05, 3.63) is 81.0 Å². The van der Waals surface area contributed by atoms with Gasteiger partial charge >= 0.3 is 0 Å². The van der Waals surface area contributed by atoms with Gasteiger partial charge in [0.25, 0.3) is 5.56 Å². The number of fused-ring (bicyclic) bond motifs is 1. The molecule has 1 atom stereocenters. The maximum absolute atomic E-state index is 14.0. The molecular formula is C21H14ClF2N7O. The lowest BCUT2D eigenvalue weighted by molar-refractivity contribution is 0.507. The number of nitrogens with one attached hydrogen (secondary N) is 1. The predicted octanol–water partition coefficient (Wildman–Crippen LogP) is 3.73. The van der Waals surface area contributed by atoms with E-state index in [1.54, 1.807) is 19.1 Å². The van der Waals surface area contributed by atoms with Gasteiger partial charge in [-0.25, -0.2) is 18.7 Å². The average molecular weight is 454 g/mol. The van der Waals surface area contributed by atoms with Gasteiger partial charge in [0, 0.05) is 6.07 Å². The van der Waals surface area contributed by atoms with Gasteiger partial charge in [0.05, 0.1) is 33.9 Å². The van der Waals surface area contributed by atoms with E-state index in [1.165, 1.54) is 18.3 Å². The molecule has 0 spiro atoms. The molecule has 4 rings (SSSR count). The van der Waals surface area contributed by atoms with Crippen molar-refractivity contribution in [1.29, 1.82) is 5.26 Å². The second-order valence-corrected chi connectivity index (χ2v) is 7.22. The quantitative estimate of drug-likeness (QED) is 0.482. The van der Waals surface area contributed by atoms with Crippen LogP contribution in [0, 0.1) is 23.0 Å². The predicted molar refractivity (Wildman–Crippen MR) is 115 cm³/mol. The van der Waals surface area contributed by atoms with E-state index in [4.69, 9.17) is 17.3 Å². The zero-order valence-corrected chi connectivity index (χ0v) is 17.2. The Morgan fingerprint density at radius 1 is 1.22 bits per heavy atom. The second kappa shape index (κ2) is 8.20. The molecule has 0 amide bonds. The molecule has 0 aliphatic carbocycles. The lowest BCUT2D eigenvalue weighted by Gasteiger charge is -2.20. The van der Waals surface area contributed by atoms with E-state index in [0.717, 1.165) is 16.7 Å². The van der Waals surface area contributed by atoms with Crippen LogP contribution in [0.5, 0.6) is 0 Å². The summed E-state index contributed by atoms with van der Waals surface area (Å²) in [6, 6.07) is 9.06. The Morgan fingerprint density at radius 2 is 2.00 bits per heavy atom. The molecule has 0 aliphatic rings. The van der Waals surface area contributed by atoms with Crippen molar-refractivity contribution in [3.8, 4) is 11.8 Å². The summed E-state index contributed by atoms with van der Waals surface area (Å²) in [6.45, 7) is 1.66. The minimum atomic E-state index is -1.13. The Morgan fingerprint density at radius 3 is 2.72 bits per heavy atom. The third-order valence-corrected chi connectivity index (χ3v) is 5.02. The summed E-state index contributed by atoms with van der Waals surface area (Å²) in [5.41, 5.74) is 5.54. The van der Waals surface area contributed by atoms with E-state index in [0.29, 0.717) is 5.52 Å². The molecule has 0 bridgehead atoms. The highest BCUT2D eigenvalue weighted by Crippen LogP contribution is 2.25. The molecule has 4 aromatic rings. The maximum Gasteiger partial charge on any atom is 0.267 e. The van der Waals surface area contributed by atoms with Crippen molar-refractivity contribution in [2.45, 2.75) is 13.0 Å². The highest BCUT2D eigenvalue weighted by molar-refractivity contribution is 6.35. The number of nitrogens with two attached hydrogens (primary N) is 1. The molecule has 0 aliphatic heterocycles. The van der Waals surface area contributed by atoms with E-state index in [9.17, 15) is 18.8 Å². The Kier molecular flexibility index (Phi) is 5.42. The summed E-state index contributed by atoms with van der Waals surface area (Å²) in [7, 11) is 0. The molecule has 2 heterocycles. The first-order valence-corrected chi connectivity index (χ1v) is 9.63. The number of nitrogen functional groups attached to an aromatic ring is 1. The van der Waals surface area contributed by atoms with E-state index in [1.807, 2.05) is 6.07 Å². The van der Waals surface area contributed by atoms with Gasteiger partial charge < -0.3 is 11.1 Å². The van der Waals surface area contributed by atoms with Gasteiger partial charge in [-0.05, 0) is 31.2 Å². The van der Waals surface area contributed by atoms with Crippen LogP contribution in [0.2, 0.25) is 5.02 Å². The molecule has 8 nitrogen and oxygen atoms in total. The number of benzene rings is 2. The fraction of sp³-hybridized carbons (Fsp3) is 0.0952. The minimum absolute atomic E-state index is 0.0505. The molecule has 0 fully saturated rings. The van der Waals surface area contributed by atoms with Gasteiger partial charge in [0.2, 0.25) is 5.95 Å². The van der Waals surface area contributed by atoms with Crippen LogP contribution in [-0.2, 0) is 0 Å². The number of hydrogen-bond donors (Lipinski definition) is 2. The van der Waals surface area contributed by atoms with E-state index in [-0.39, 0.29) is 39.3 Å². The Balaban J connectivity index is 1.96. The molecule has 0 saturated heterocycles. The van der Waals surface area contributed by atoms with Crippen molar-refractivity contribution in [2.24, 2.45) is 0 Å². The monoisotopic (exact) mass is 453 g/mol. The average Bonchev–Trinajstić information content (AvgIpc) is 2.76. The number of rotatable bonds is 4. The van der Waals surface area contributed by atoms with Gasteiger partial charge in [-0.1, -0.05) is 17.7 Å². The Labute approximate surface area is 184 Å².